The predicted octanol–water partition coefficient (Wildman–Crippen LogP) is -3.74. The highest BCUT2D eigenvalue weighted by Crippen LogP contribution is 2.42. The second kappa shape index (κ2) is 8.26. The summed E-state index contributed by atoms with van der Waals surface area (Å²) in [5, 5.41) is 29.2. The van der Waals surface area contributed by atoms with E-state index in [0.29, 0.717) is 12.0 Å². The third-order valence-corrected chi connectivity index (χ3v) is 8.81. The topological polar surface area (TPSA) is 201 Å². The SMILES string of the molecule is NC1=N[C@@H](CN2C(=O)CCC2=O)[C@@H]2[NH+]=C(N)N[C@]23N1C[C@H](NC(=O)c1cccc2c1Cc1ccccc1-2)C3(O)O. The van der Waals surface area contributed by atoms with Gasteiger partial charge < -0.3 is 21.3 Å². The minimum atomic E-state index is -2.60. The summed E-state index contributed by atoms with van der Waals surface area (Å²) in [6.45, 7) is -0.194. The molecule has 2 saturated heterocycles. The Bertz CT molecular complexity index is 1540. The average molecular weight is 546 g/mol. The minimum absolute atomic E-state index is 0.0374. The number of rotatable bonds is 4. The van der Waals surface area contributed by atoms with Gasteiger partial charge in [0.1, 0.15) is 12.1 Å². The summed E-state index contributed by atoms with van der Waals surface area (Å²) in [6.07, 6.45) is 0.811. The number of imide groups is 1. The van der Waals surface area contributed by atoms with E-state index in [0.717, 1.165) is 27.2 Å². The molecule has 4 atom stereocenters. The van der Waals surface area contributed by atoms with Crippen LogP contribution in [0.5, 0.6) is 0 Å². The van der Waals surface area contributed by atoms with E-state index in [1.165, 1.54) is 4.90 Å². The smallest absolute Gasteiger partial charge is 0.343 e. The highest BCUT2D eigenvalue weighted by atomic mass is 16.5. The van der Waals surface area contributed by atoms with Crippen molar-refractivity contribution in [2.75, 3.05) is 13.1 Å². The van der Waals surface area contributed by atoms with Gasteiger partial charge >= 0.3 is 5.96 Å². The molecule has 4 aliphatic heterocycles. The van der Waals surface area contributed by atoms with Gasteiger partial charge in [0.25, 0.3) is 11.6 Å². The summed E-state index contributed by atoms with van der Waals surface area (Å²) in [5.41, 5.74) is 15.2. The lowest BCUT2D eigenvalue weighted by molar-refractivity contribution is -0.521. The second-order valence-electron chi connectivity index (χ2n) is 10.9. The van der Waals surface area contributed by atoms with Crippen LogP contribution in [0.1, 0.15) is 34.3 Å². The first kappa shape index (κ1) is 24.5. The fourth-order valence-corrected chi connectivity index (χ4v) is 6.94. The van der Waals surface area contributed by atoms with Gasteiger partial charge in [-0.3, -0.25) is 34.9 Å². The number of aliphatic imine (C=N–C) groups is 1. The standard InChI is InChI=1S/C27H28N8O5/c28-24-32-22-18(11-34-20(36)8-9-21(34)37)30-25(29)35-12-19(27(39,40)26(22,35)33-24)31-23(38)16-7-3-6-15-14-5-2-1-4-13(14)10-17(15)16/h1-7,18-19,22,39-40H,8-12H2,(H2,29,30)(H,31,38)(H3,28,32,33)/p+1/t18-,19-,22-,26-/m0/s1. The highest BCUT2D eigenvalue weighted by molar-refractivity contribution is 6.02. The number of hydrogen-bond donors (Lipinski definition) is 7. The quantitative estimate of drug-likeness (QED) is 0.127. The molecule has 2 fully saturated rings. The molecule has 40 heavy (non-hydrogen) atoms. The molecular weight excluding hydrogens is 516 g/mol. The van der Waals surface area contributed by atoms with Gasteiger partial charge in [-0.2, -0.15) is 0 Å². The fourth-order valence-electron chi connectivity index (χ4n) is 6.94. The molecular formula is C27H29N8O5+. The summed E-state index contributed by atoms with van der Waals surface area (Å²) in [6, 6.07) is 10.5. The number of nitrogens with one attached hydrogen (secondary N) is 3. The van der Waals surface area contributed by atoms with E-state index in [9.17, 15) is 24.6 Å². The van der Waals surface area contributed by atoms with Crippen LogP contribution in [0.25, 0.3) is 11.1 Å². The van der Waals surface area contributed by atoms with E-state index >= 15 is 0 Å². The van der Waals surface area contributed by atoms with Crippen molar-refractivity contribution in [2.45, 2.75) is 48.8 Å². The monoisotopic (exact) mass is 545 g/mol. The number of carbonyl (C=O) groups excluding carboxylic acids is 3. The van der Waals surface area contributed by atoms with Crippen LogP contribution in [0, 0.1) is 0 Å². The van der Waals surface area contributed by atoms with Crippen LogP contribution < -0.4 is 27.1 Å². The molecule has 2 aromatic rings. The van der Waals surface area contributed by atoms with Gasteiger partial charge in [0.15, 0.2) is 12.0 Å². The molecule has 4 heterocycles. The molecule has 2 aromatic carbocycles. The Kier molecular flexibility index (Phi) is 5.07. The number of carbonyl (C=O) groups is 3. The largest absolute Gasteiger partial charge is 0.370 e. The molecule has 0 radical (unpaired) electrons. The summed E-state index contributed by atoms with van der Waals surface area (Å²) < 4.78 is 0. The van der Waals surface area contributed by atoms with Crippen molar-refractivity contribution in [3.8, 4) is 11.1 Å². The Balaban J connectivity index is 1.20. The maximum atomic E-state index is 13.6. The maximum Gasteiger partial charge on any atom is 0.343 e. The van der Waals surface area contributed by atoms with Crippen molar-refractivity contribution in [1.82, 2.24) is 20.4 Å². The number of nitrogens with zero attached hydrogens (tertiary/aromatic N) is 3. The first-order valence-corrected chi connectivity index (χ1v) is 13.2. The molecule has 1 spiro atoms. The number of benzene rings is 2. The zero-order chi connectivity index (χ0) is 28.0. The molecule has 9 N–H and O–H groups in total. The van der Waals surface area contributed by atoms with Gasteiger partial charge in [-0.1, -0.05) is 36.4 Å². The van der Waals surface area contributed by atoms with Crippen LogP contribution >= 0.6 is 0 Å². The second-order valence-corrected chi connectivity index (χ2v) is 10.9. The Labute approximate surface area is 228 Å². The molecule has 0 unspecified atom stereocenters. The van der Waals surface area contributed by atoms with Crippen LogP contribution in [-0.4, -0.2) is 92.3 Å². The molecule has 13 nitrogen and oxygen atoms in total. The van der Waals surface area contributed by atoms with Gasteiger partial charge in [0.05, 0.1) is 13.1 Å². The van der Waals surface area contributed by atoms with Gasteiger partial charge in [0, 0.05) is 18.4 Å². The van der Waals surface area contributed by atoms with Crippen molar-refractivity contribution in [3.63, 3.8) is 0 Å². The molecule has 3 amide bonds. The van der Waals surface area contributed by atoms with Crippen LogP contribution in [0.4, 0.5) is 0 Å². The lowest BCUT2D eigenvalue weighted by atomic mass is 9.84. The normalized spacial score (nSPS) is 29.3. The fraction of sp³-hybridized carbons (Fsp3) is 0.370. The van der Waals surface area contributed by atoms with Crippen molar-refractivity contribution >= 4 is 29.6 Å². The number of aliphatic hydroxyl groups is 2. The van der Waals surface area contributed by atoms with E-state index in [1.807, 2.05) is 36.4 Å². The Morgan fingerprint density at radius 2 is 1.82 bits per heavy atom. The minimum Gasteiger partial charge on any atom is -0.370 e. The van der Waals surface area contributed by atoms with Crippen LogP contribution in [0.2, 0.25) is 0 Å². The van der Waals surface area contributed by atoms with E-state index < -0.39 is 35.5 Å². The van der Waals surface area contributed by atoms with Crippen molar-refractivity contribution in [1.29, 1.82) is 0 Å². The average Bonchev–Trinajstić information content (AvgIpc) is 3.63. The van der Waals surface area contributed by atoms with Crippen molar-refractivity contribution < 1.29 is 29.6 Å². The molecule has 0 saturated carbocycles. The van der Waals surface area contributed by atoms with E-state index in [2.05, 4.69) is 20.6 Å². The van der Waals surface area contributed by atoms with Crippen molar-refractivity contribution in [3.05, 3.63) is 59.2 Å². The number of guanidine groups is 2. The maximum absolute atomic E-state index is 13.6. The Morgan fingerprint density at radius 1 is 1.10 bits per heavy atom. The highest BCUT2D eigenvalue weighted by Gasteiger charge is 2.76. The van der Waals surface area contributed by atoms with Gasteiger partial charge in [0.2, 0.25) is 17.6 Å². The zero-order valence-electron chi connectivity index (χ0n) is 21.4. The van der Waals surface area contributed by atoms with Crippen molar-refractivity contribution in [2.24, 2.45) is 16.5 Å². The third kappa shape index (κ3) is 3.18. The number of likely N-dealkylation sites (tertiary alicyclic amines) is 1. The lowest BCUT2D eigenvalue weighted by Gasteiger charge is -2.46. The molecule has 1 aliphatic carbocycles. The van der Waals surface area contributed by atoms with E-state index in [-0.39, 0.29) is 49.7 Å². The number of nitrogens with two attached hydrogens (primary N) is 2. The Morgan fingerprint density at radius 3 is 2.60 bits per heavy atom. The predicted molar refractivity (Wildman–Crippen MR) is 141 cm³/mol. The molecule has 7 rings (SSSR count). The molecule has 0 aromatic heterocycles. The summed E-state index contributed by atoms with van der Waals surface area (Å²) in [5.74, 6) is -3.71. The van der Waals surface area contributed by atoms with Gasteiger partial charge in [-0.05, 0) is 34.7 Å². The number of fused-ring (bicyclic) bond motifs is 3. The summed E-state index contributed by atoms with van der Waals surface area (Å²) >= 11 is 0. The zero-order valence-corrected chi connectivity index (χ0v) is 21.4. The molecule has 5 aliphatic rings. The lowest BCUT2D eigenvalue weighted by Crippen LogP contribution is -2.90. The summed E-state index contributed by atoms with van der Waals surface area (Å²) in [7, 11) is 0. The van der Waals surface area contributed by atoms with Crippen LogP contribution in [0.3, 0.4) is 0 Å². The summed E-state index contributed by atoms with van der Waals surface area (Å²) in [4.78, 5) is 48.3. The van der Waals surface area contributed by atoms with Gasteiger partial charge in [-0.25, -0.2) is 10.3 Å². The first-order valence-electron chi connectivity index (χ1n) is 13.2. The van der Waals surface area contributed by atoms with E-state index in [4.69, 9.17) is 11.5 Å². The Hall–Kier alpha value is -4.49. The van der Waals surface area contributed by atoms with Crippen LogP contribution in [-0.2, 0) is 16.0 Å². The van der Waals surface area contributed by atoms with Gasteiger partial charge in [-0.15, -0.1) is 0 Å². The number of hydrogen-bond acceptors (Lipinski definition) is 10. The molecule has 0 bridgehead atoms. The molecule has 206 valence electrons. The first-order chi connectivity index (χ1) is 19.1. The van der Waals surface area contributed by atoms with Crippen LogP contribution in [0.15, 0.2) is 47.5 Å². The van der Waals surface area contributed by atoms with E-state index in [1.54, 1.807) is 6.07 Å². The third-order valence-electron chi connectivity index (χ3n) is 8.81. The molecule has 13 heteroatoms. The number of amides is 3.